The number of fused-ring (bicyclic) bond motifs is 1. The molecule has 0 aromatic heterocycles. The summed E-state index contributed by atoms with van der Waals surface area (Å²) in [5, 5.41) is 15.4. The lowest BCUT2D eigenvalue weighted by Gasteiger charge is -2.51. The SMILES string of the molecule is Cc1ccc(CC2(O)CCN(C(=O)C3CNc4cc(Cl)ccc4O3)CC2(C)C)cc1. The van der Waals surface area contributed by atoms with Gasteiger partial charge in [0.05, 0.1) is 17.8 Å². The maximum atomic E-state index is 13.2. The van der Waals surface area contributed by atoms with Gasteiger partial charge in [0.2, 0.25) is 0 Å². The van der Waals surface area contributed by atoms with Gasteiger partial charge in [-0.2, -0.15) is 0 Å². The fourth-order valence-corrected chi connectivity index (χ4v) is 4.58. The van der Waals surface area contributed by atoms with Gasteiger partial charge in [0.15, 0.2) is 6.10 Å². The van der Waals surface area contributed by atoms with Crippen molar-refractivity contribution in [3.05, 3.63) is 58.6 Å². The van der Waals surface area contributed by atoms with Crippen LogP contribution in [-0.2, 0) is 11.2 Å². The maximum Gasteiger partial charge on any atom is 0.265 e. The van der Waals surface area contributed by atoms with Crippen molar-refractivity contribution in [2.45, 2.75) is 45.3 Å². The predicted molar refractivity (Wildman–Crippen MR) is 119 cm³/mol. The highest BCUT2D eigenvalue weighted by Crippen LogP contribution is 2.41. The van der Waals surface area contributed by atoms with Gasteiger partial charge in [0.25, 0.3) is 5.91 Å². The van der Waals surface area contributed by atoms with Crippen LogP contribution in [0.5, 0.6) is 5.75 Å². The third kappa shape index (κ3) is 4.01. The highest BCUT2D eigenvalue weighted by molar-refractivity contribution is 6.30. The molecule has 1 saturated heterocycles. The lowest BCUT2D eigenvalue weighted by molar-refractivity contribution is -0.156. The zero-order valence-electron chi connectivity index (χ0n) is 17.7. The minimum Gasteiger partial charge on any atom is -0.477 e. The van der Waals surface area contributed by atoms with Crippen LogP contribution in [0.2, 0.25) is 5.02 Å². The Hall–Kier alpha value is -2.24. The summed E-state index contributed by atoms with van der Waals surface area (Å²) in [7, 11) is 0. The number of nitrogens with one attached hydrogen (secondary N) is 1. The molecule has 2 aliphatic rings. The number of carbonyl (C=O) groups is 1. The van der Waals surface area contributed by atoms with E-state index in [4.69, 9.17) is 16.3 Å². The van der Waals surface area contributed by atoms with Crippen molar-refractivity contribution in [1.29, 1.82) is 0 Å². The van der Waals surface area contributed by atoms with Crippen molar-refractivity contribution < 1.29 is 14.6 Å². The summed E-state index contributed by atoms with van der Waals surface area (Å²) in [6, 6.07) is 13.6. The number of rotatable bonds is 3. The molecule has 2 heterocycles. The molecular weight excluding hydrogens is 400 g/mol. The number of aliphatic hydroxyl groups is 1. The van der Waals surface area contributed by atoms with Gasteiger partial charge in [-0.3, -0.25) is 4.79 Å². The second kappa shape index (κ2) is 7.78. The zero-order chi connectivity index (χ0) is 21.5. The lowest BCUT2D eigenvalue weighted by atomic mass is 9.67. The van der Waals surface area contributed by atoms with E-state index in [0.717, 1.165) is 11.3 Å². The maximum absolute atomic E-state index is 13.2. The summed E-state index contributed by atoms with van der Waals surface area (Å²) in [4.78, 5) is 15.0. The van der Waals surface area contributed by atoms with Crippen LogP contribution in [0, 0.1) is 12.3 Å². The van der Waals surface area contributed by atoms with E-state index in [0.29, 0.717) is 43.2 Å². The number of aryl methyl sites for hydroxylation is 1. The van der Waals surface area contributed by atoms with Gasteiger partial charge >= 0.3 is 0 Å². The summed E-state index contributed by atoms with van der Waals surface area (Å²) in [5.41, 5.74) is 1.81. The molecule has 5 nitrogen and oxygen atoms in total. The zero-order valence-corrected chi connectivity index (χ0v) is 18.5. The van der Waals surface area contributed by atoms with Crippen LogP contribution in [0.15, 0.2) is 42.5 Å². The minimum absolute atomic E-state index is 0.0476. The minimum atomic E-state index is -0.867. The molecule has 2 aromatic carbocycles. The van der Waals surface area contributed by atoms with Crippen molar-refractivity contribution in [3.8, 4) is 5.75 Å². The first kappa shape index (κ1) is 21.0. The van der Waals surface area contributed by atoms with Crippen LogP contribution in [0.25, 0.3) is 0 Å². The molecule has 0 spiro atoms. The summed E-state index contributed by atoms with van der Waals surface area (Å²) in [6.07, 6.45) is 0.530. The first-order valence-corrected chi connectivity index (χ1v) is 10.8. The predicted octanol–water partition coefficient (Wildman–Crippen LogP) is 4.05. The smallest absolute Gasteiger partial charge is 0.265 e. The topological polar surface area (TPSA) is 61.8 Å². The molecule has 6 heteroatoms. The molecule has 1 fully saturated rings. The molecule has 2 N–H and O–H groups in total. The molecule has 160 valence electrons. The Labute approximate surface area is 183 Å². The van der Waals surface area contributed by atoms with Gasteiger partial charge in [-0.1, -0.05) is 55.3 Å². The Bertz CT molecular complexity index is 944. The molecule has 4 rings (SSSR count). The summed E-state index contributed by atoms with van der Waals surface area (Å²) < 4.78 is 5.95. The number of piperidine rings is 1. The molecule has 2 aliphatic heterocycles. The average molecular weight is 429 g/mol. The standard InChI is InChI=1S/C24H29ClN2O3/c1-16-4-6-17(7-5-16)13-24(29)10-11-27(15-23(24,2)3)22(28)21-14-26-19-12-18(25)8-9-20(19)30-21/h4-9,12,21,26,29H,10-11,13-15H2,1-3H3. The fraction of sp³-hybridized carbons (Fsp3) is 0.458. The third-order valence-electron chi connectivity index (χ3n) is 6.53. The summed E-state index contributed by atoms with van der Waals surface area (Å²) in [6.45, 7) is 7.54. The highest BCUT2D eigenvalue weighted by Gasteiger charge is 2.49. The average Bonchev–Trinajstić information content (AvgIpc) is 2.71. The molecule has 0 aliphatic carbocycles. The monoisotopic (exact) mass is 428 g/mol. The second-order valence-electron chi connectivity index (χ2n) is 9.22. The normalized spacial score (nSPS) is 25.1. The van der Waals surface area contributed by atoms with E-state index in [1.54, 1.807) is 18.2 Å². The van der Waals surface area contributed by atoms with E-state index in [2.05, 4.69) is 36.5 Å². The molecule has 2 aromatic rings. The van der Waals surface area contributed by atoms with Gasteiger partial charge in [-0.15, -0.1) is 0 Å². The first-order valence-electron chi connectivity index (χ1n) is 10.4. The van der Waals surface area contributed by atoms with Crippen LogP contribution in [0.3, 0.4) is 0 Å². The van der Waals surface area contributed by atoms with Crippen molar-refractivity contribution in [2.75, 3.05) is 25.0 Å². The first-order chi connectivity index (χ1) is 14.2. The van der Waals surface area contributed by atoms with Gasteiger partial charge in [0, 0.05) is 29.9 Å². The van der Waals surface area contributed by atoms with Gasteiger partial charge in [0.1, 0.15) is 5.75 Å². The second-order valence-corrected chi connectivity index (χ2v) is 9.65. The number of anilines is 1. The van der Waals surface area contributed by atoms with Gasteiger partial charge in [-0.05, 0) is 37.1 Å². The molecule has 1 amide bonds. The van der Waals surface area contributed by atoms with Crippen LogP contribution < -0.4 is 10.1 Å². The number of hydrogen-bond donors (Lipinski definition) is 2. The number of amides is 1. The van der Waals surface area contributed by atoms with Crippen LogP contribution >= 0.6 is 11.6 Å². The number of carbonyl (C=O) groups excluding carboxylic acids is 1. The lowest BCUT2D eigenvalue weighted by Crippen LogP contribution is -2.61. The van der Waals surface area contributed by atoms with E-state index < -0.39 is 17.1 Å². The quantitative estimate of drug-likeness (QED) is 0.774. The number of benzene rings is 2. The Balaban J connectivity index is 1.44. The van der Waals surface area contributed by atoms with Crippen molar-refractivity contribution >= 4 is 23.2 Å². The largest absolute Gasteiger partial charge is 0.477 e. The molecule has 0 bridgehead atoms. The number of halogens is 1. The Kier molecular flexibility index (Phi) is 5.45. The van der Waals surface area contributed by atoms with E-state index in [1.807, 2.05) is 18.7 Å². The summed E-state index contributed by atoms with van der Waals surface area (Å²) in [5.74, 6) is 0.588. The van der Waals surface area contributed by atoms with E-state index >= 15 is 0 Å². The van der Waals surface area contributed by atoms with Crippen molar-refractivity contribution in [1.82, 2.24) is 4.90 Å². The van der Waals surface area contributed by atoms with Crippen molar-refractivity contribution in [2.24, 2.45) is 5.41 Å². The fourth-order valence-electron chi connectivity index (χ4n) is 4.40. The van der Waals surface area contributed by atoms with Gasteiger partial charge in [-0.25, -0.2) is 0 Å². The third-order valence-corrected chi connectivity index (χ3v) is 6.77. The molecule has 30 heavy (non-hydrogen) atoms. The number of hydrogen-bond acceptors (Lipinski definition) is 4. The van der Waals surface area contributed by atoms with E-state index in [1.165, 1.54) is 5.56 Å². The van der Waals surface area contributed by atoms with Crippen LogP contribution in [0.1, 0.15) is 31.4 Å². The molecule has 2 atom stereocenters. The number of likely N-dealkylation sites (tertiary alicyclic amines) is 1. The number of nitrogens with zero attached hydrogens (tertiary/aromatic N) is 1. The highest BCUT2D eigenvalue weighted by atomic mass is 35.5. The van der Waals surface area contributed by atoms with Crippen LogP contribution in [0.4, 0.5) is 5.69 Å². The molecule has 2 unspecified atom stereocenters. The number of ether oxygens (including phenoxy) is 1. The molecule has 0 radical (unpaired) electrons. The van der Waals surface area contributed by atoms with Gasteiger partial charge < -0.3 is 20.1 Å². The Morgan fingerprint density at radius 3 is 2.70 bits per heavy atom. The van der Waals surface area contributed by atoms with Crippen LogP contribution in [-0.4, -0.2) is 47.3 Å². The Morgan fingerprint density at radius 2 is 2.00 bits per heavy atom. The Morgan fingerprint density at radius 1 is 1.27 bits per heavy atom. The van der Waals surface area contributed by atoms with E-state index in [9.17, 15) is 9.90 Å². The molecular formula is C24H29ClN2O3. The van der Waals surface area contributed by atoms with E-state index in [-0.39, 0.29) is 5.91 Å². The molecule has 0 saturated carbocycles. The van der Waals surface area contributed by atoms with Crippen molar-refractivity contribution in [3.63, 3.8) is 0 Å². The summed E-state index contributed by atoms with van der Waals surface area (Å²) >= 11 is 6.03.